The van der Waals surface area contributed by atoms with E-state index in [0.29, 0.717) is 12.8 Å². The molecule has 0 spiro atoms. The Balaban J connectivity index is 3.70. The number of esters is 1. The van der Waals surface area contributed by atoms with Crippen molar-refractivity contribution in [1.29, 1.82) is 0 Å². The third-order valence-electron chi connectivity index (χ3n) is 2.29. The Morgan fingerprint density at radius 3 is 2.56 bits per heavy atom. The van der Waals surface area contributed by atoms with Crippen LogP contribution in [0.5, 0.6) is 0 Å². The van der Waals surface area contributed by atoms with Crippen LogP contribution in [0.25, 0.3) is 0 Å². The summed E-state index contributed by atoms with van der Waals surface area (Å²) in [6, 6.07) is 0. The molecule has 0 aliphatic heterocycles. The smallest absolute Gasteiger partial charge is 0.302 e. The highest BCUT2D eigenvalue weighted by Gasteiger charge is 2.02. The summed E-state index contributed by atoms with van der Waals surface area (Å²) in [4.78, 5) is 23.5. The van der Waals surface area contributed by atoms with Crippen molar-refractivity contribution in [1.82, 2.24) is 4.90 Å². The fourth-order valence-corrected chi connectivity index (χ4v) is 1.31. The Bertz CT molecular complexity index is 328. The van der Waals surface area contributed by atoms with E-state index >= 15 is 0 Å². The summed E-state index contributed by atoms with van der Waals surface area (Å²) in [7, 11) is 3.52. The second-order valence-electron chi connectivity index (χ2n) is 4.41. The average molecular weight is 253 g/mol. The molecule has 0 saturated carbocycles. The van der Waals surface area contributed by atoms with Crippen LogP contribution in [0.3, 0.4) is 0 Å². The van der Waals surface area contributed by atoms with E-state index in [4.69, 9.17) is 4.74 Å². The summed E-state index contributed by atoms with van der Waals surface area (Å²) in [5.41, 5.74) is 3.03. The van der Waals surface area contributed by atoms with Gasteiger partial charge in [-0.2, -0.15) is 0 Å². The highest BCUT2D eigenvalue weighted by atomic mass is 16.5. The number of amides is 1. The minimum absolute atomic E-state index is 0.112. The topological polar surface area (TPSA) is 46.6 Å². The van der Waals surface area contributed by atoms with Gasteiger partial charge in [0.1, 0.15) is 6.10 Å². The number of ether oxygens (including phenoxy) is 1. The van der Waals surface area contributed by atoms with E-state index in [1.165, 1.54) is 6.92 Å². The van der Waals surface area contributed by atoms with Gasteiger partial charge in [0.15, 0.2) is 0 Å². The maximum atomic E-state index is 11.3. The molecule has 1 amide bonds. The molecule has 0 aliphatic carbocycles. The van der Waals surface area contributed by atoms with Gasteiger partial charge in [-0.05, 0) is 31.9 Å². The molecule has 18 heavy (non-hydrogen) atoms. The second kappa shape index (κ2) is 9.49. The Hall–Kier alpha value is -1.54. The molecule has 0 aromatic carbocycles. The van der Waals surface area contributed by atoms with Gasteiger partial charge in [-0.3, -0.25) is 9.59 Å². The van der Waals surface area contributed by atoms with Crippen molar-refractivity contribution < 1.29 is 14.3 Å². The zero-order chi connectivity index (χ0) is 14.0. The third kappa shape index (κ3) is 9.67. The molecule has 0 rings (SSSR count). The summed E-state index contributed by atoms with van der Waals surface area (Å²) in [6.07, 6.45) is 6.53. The SMILES string of the molecule is CC(=O)OC(C)CC=C=CCCCC(=O)N(C)C. The number of carbonyl (C=O) groups excluding carboxylic acids is 2. The van der Waals surface area contributed by atoms with E-state index < -0.39 is 0 Å². The van der Waals surface area contributed by atoms with Gasteiger partial charge in [-0.15, -0.1) is 5.73 Å². The number of rotatable bonds is 7. The van der Waals surface area contributed by atoms with E-state index in [9.17, 15) is 9.59 Å². The molecule has 1 atom stereocenters. The first-order valence-corrected chi connectivity index (χ1v) is 6.20. The predicted molar refractivity (Wildman–Crippen MR) is 71.0 cm³/mol. The number of hydrogen-bond donors (Lipinski definition) is 0. The maximum absolute atomic E-state index is 11.3. The lowest BCUT2D eigenvalue weighted by Crippen LogP contribution is -2.20. The van der Waals surface area contributed by atoms with Gasteiger partial charge >= 0.3 is 5.97 Å². The third-order valence-corrected chi connectivity index (χ3v) is 2.29. The molecule has 0 aliphatic rings. The summed E-state index contributed by atoms with van der Waals surface area (Å²) in [5.74, 6) is -0.113. The highest BCUT2D eigenvalue weighted by molar-refractivity contribution is 5.75. The molecule has 0 N–H and O–H groups in total. The van der Waals surface area contributed by atoms with E-state index in [1.807, 2.05) is 19.1 Å². The van der Waals surface area contributed by atoms with Crippen LogP contribution in [0.2, 0.25) is 0 Å². The second-order valence-corrected chi connectivity index (χ2v) is 4.41. The zero-order valence-corrected chi connectivity index (χ0v) is 11.7. The lowest BCUT2D eigenvalue weighted by atomic mass is 10.2. The standard InChI is InChI=1S/C14H23NO3/c1-12(18-13(2)16)10-8-6-5-7-9-11-14(17)15(3)4/h5,8,12H,7,9-11H2,1-4H3. The largest absolute Gasteiger partial charge is 0.463 e. The maximum Gasteiger partial charge on any atom is 0.302 e. The highest BCUT2D eigenvalue weighted by Crippen LogP contribution is 2.00. The van der Waals surface area contributed by atoms with Crippen molar-refractivity contribution in [3.63, 3.8) is 0 Å². The zero-order valence-electron chi connectivity index (χ0n) is 11.7. The molecule has 4 heteroatoms. The number of hydrogen-bond acceptors (Lipinski definition) is 3. The molecule has 0 saturated heterocycles. The van der Waals surface area contributed by atoms with Crippen LogP contribution in [-0.2, 0) is 14.3 Å². The molecule has 0 bridgehead atoms. The minimum Gasteiger partial charge on any atom is -0.463 e. The van der Waals surface area contributed by atoms with Crippen LogP contribution in [-0.4, -0.2) is 37.0 Å². The van der Waals surface area contributed by atoms with E-state index in [2.05, 4.69) is 5.73 Å². The van der Waals surface area contributed by atoms with Gasteiger partial charge in [0, 0.05) is 33.9 Å². The Labute approximate surface area is 109 Å². The normalized spacial score (nSPS) is 11.1. The molecule has 0 radical (unpaired) electrons. The van der Waals surface area contributed by atoms with Gasteiger partial charge in [-0.1, -0.05) is 0 Å². The van der Waals surface area contributed by atoms with Gasteiger partial charge < -0.3 is 9.64 Å². The van der Waals surface area contributed by atoms with Gasteiger partial charge in [0.05, 0.1) is 0 Å². The quantitative estimate of drug-likeness (QED) is 0.397. The monoisotopic (exact) mass is 253 g/mol. The summed E-state index contributed by atoms with van der Waals surface area (Å²) >= 11 is 0. The molecule has 1 unspecified atom stereocenters. The molecule has 0 heterocycles. The molecule has 0 aromatic rings. The Kier molecular flexibility index (Phi) is 8.67. The fourth-order valence-electron chi connectivity index (χ4n) is 1.31. The van der Waals surface area contributed by atoms with E-state index in [-0.39, 0.29) is 18.0 Å². The van der Waals surface area contributed by atoms with Crippen LogP contribution in [0, 0.1) is 0 Å². The van der Waals surface area contributed by atoms with Crippen LogP contribution in [0.15, 0.2) is 17.9 Å². The van der Waals surface area contributed by atoms with E-state index in [1.54, 1.807) is 19.0 Å². The van der Waals surface area contributed by atoms with Crippen molar-refractivity contribution in [2.75, 3.05) is 14.1 Å². The first-order chi connectivity index (χ1) is 8.43. The molecular formula is C14H23NO3. The lowest BCUT2D eigenvalue weighted by Gasteiger charge is -2.08. The lowest BCUT2D eigenvalue weighted by molar-refractivity contribution is -0.145. The average Bonchev–Trinajstić information content (AvgIpc) is 2.26. The van der Waals surface area contributed by atoms with Crippen LogP contribution in [0.4, 0.5) is 0 Å². The van der Waals surface area contributed by atoms with Crippen LogP contribution < -0.4 is 0 Å². The van der Waals surface area contributed by atoms with Gasteiger partial charge in [-0.25, -0.2) is 0 Å². The van der Waals surface area contributed by atoms with Crippen LogP contribution >= 0.6 is 0 Å². The molecule has 0 fully saturated rings. The van der Waals surface area contributed by atoms with Crippen molar-refractivity contribution in [2.24, 2.45) is 0 Å². The number of unbranched alkanes of at least 4 members (excludes halogenated alkanes) is 1. The van der Waals surface area contributed by atoms with E-state index in [0.717, 1.165) is 12.8 Å². The van der Waals surface area contributed by atoms with Crippen molar-refractivity contribution in [3.05, 3.63) is 17.9 Å². The van der Waals surface area contributed by atoms with Gasteiger partial charge in [0.25, 0.3) is 0 Å². The molecule has 4 nitrogen and oxygen atoms in total. The van der Waals surface area contributed by atoms with Crippen LogP contribution in [0.1, 0.15) is 39.5 Å². The summed E-state index contributed by atoms with van der Waals surface area (Å²) in [5, 5.41) is 0. The van der Waals surface area contributed by atoms with Gasteiger partial charge in [0.2, 0.25) is 5.91 Å². The van der Waals surface area contributed by atoms with Crippen molar-refractivity contribution >= 4 is 11.9 Å². The fraction of sp³-hybridized carbons (Fsp3) is 0.643. The summed E-state index contributed by atoms with van der Waals surface area (Å²) < 4.78 is 4.96. The Morgan fingerprint density at radius 1 is 1.33 bits per heavy atom. The van der Waals surface area contributed by atoms with Crippen molar-refractivity contribution in [3.8, 4) is 0 Å². The number of carbonyl (C=O) groups is 2. The van der Waals surface area contributed by atoms with Crippen molar-refractivity contribution in [2.45, 2.75) is 45.6 Å². The molecular weight excluding hydrogens is 230 g/mol. The molecule has 0 aromatic heterocycles. The predicted octanol–water partition coefficient (Wildman–Crippen LogP) is 2.30. The number of nitrogens with zero attached hydrogens (tertiary/aromatic N) is 1. The summed E-state index contributed by atoms with van der Waals surface area (Å²) in [6.45, 7) is 3.24. The Morgan fingerprint density at radius 2 is 2.00 bits per heavy atom. The first-order valence-electron chi connectivity index (χ1n) is 6.20. The molecule has 102 valence electrons. The minimum atomic E-state index is -0.262. The first kappa shape index (κ1) is 16.5.